The Morgan fingerprint density at radius 2 is 2.21 bits per heavy atom. The molecule has 2 aliphatic rings. The lowest BCUT2D eigenvalue weighted by atomic mass is 10.1. The molecule has 1 atom stereocenters. The summed E-state index contributed by atoms with van der Waals surface area (Å²) in [5, 5.41) is 6.22. The largest absolute Gasteiger partial charge is 0.496 e. The fourth-order valence-electron chi connectivity index (χ4n) is 2.45. The van der Waals surface area contributed by atoms with Gasteiger partial charge in [-0.2, -0.15) is 0 Å². The monoisotopic (exact) mass is 325 g/mol. The molecule has 2 amide bonds. The first-order chi connectivity index (χ1) is 9.19. The maximum Gasteiger partial charge on any atom is 0.318 e. The van der Waals surface area contributed by atoms with Gasteiger partial charge in [-0.1, -0.05) is 6.07 Å². The first-order valence-electron chi connectivity index (χ1n) is 6.30. The number of benzene rings is 1. The quantitative estimate of drug-likeness (QED) is 0.885. The number of rotatable bonds is 3. The molecule has 0 aromatic heterocycles. The van der Waals surface area contributed by atoms with Gasteiger partial charge in [-0.05, 0) is 33.6 Å². The van der Waals surface area contributed by atoms with E-state index in [0.29, 0.717) is 6.04 Å². The molecule has 1 aromatic carbocycles. The molecule has 1 unspecified atom stereocenters. The fourth-order valence-corrected chi connectivity index (χ4v) is 3.01. The lowest BCUT2D eigenvalue weighted by Crippen LogP contribution is -2.57. The van der Waals surface area contributed by atoms with E-state index in [4.69, 9.17) is 4.74 Å². The van der Waals surface area contributed by atoms with Gasteiger partial charge in [0.1, 0.15) is 5.75 Å². The van der Waals surface area contributed by atoms with Crippen molar-refractivity contribution in [2.75, 3.05) is 26.7 Å². The summed E-state index contributed by atoms with van der Waals surface area (Å²) in [5.41, 5.74) is 1.09. The number of ether oxygens (including phenoxy) is 1. The zero-order valence-electron chi connectivity index (χ0n) is 10.6. The van der Waals surface area contributed by atoms with Gasteiger partial charge in [0, 0.05) is 19.6 Å². The maximum atomic E-state index is 12.0. The summed E-state index contributed by atoms with van der Waals surface area (Å²) in [5.74, 6) is 0.799. The second-order valence-corrected chi connectivity index (χ2v) is 5.71. The smallest absolute Gasteiger partial charge is 0.318 e. The van der Waals surface area contributed by atoms with Crippen LogP contribution in [0.2, 0.25) is 0 Å². The van der Waals surface area contributed by atoms with Crippen molar-refractivity contribution >= 4 is 22.0 Å². The number of hydrogen-bond donors (Lipinski definition) is 2. The van der Waals surface area contributed by atoms with Crippen LogP contribution in [0.3, 0.4) is 0 Å². The number of carbonyl (C=O) groups excluding carboxylic acids is 1. The average molecular weight is 326 g/mol. The zero-order chi connectivity index (χ0) is 13.4. The maximum absolute atomic E-state index is 12.0. The van der Waals surface area contributed by atoms with Crippen LogP contribution < -0.4 is 15.4 Å². The molecule has 2 fully saturated rings. The summed E-state index contributed by atoms with van der Waals surface area (Å²) in [6, 6.07) is 6.34. The van der Waals surface area contributed by atoms with Gasteiger partial charge in [0.25, 0.3) is 0 Å². The molecule has 0 saturated carbocycles. The molecule has 2 saturated heterocycles. The van der Waals surface area contributed by atoms with Crippen LogP contribution in [0.4, 0.5) is 4.79 Å². The second-order valence-electron chi connectivity index (χ2n) is 4.86. The van der Waals surface area contributed by atoms with Crippen LogP contribution in [-0.4, -0.2) is 43.7 Å². The molecule has 1 aromatic rings. The van der Waals surface area contributed by atoms with Crippen molar-refractivity contribution in [2.45, 2.75) is 12.1 Å². The molecule has 0 aliphatic carbocycles. The van der Waals surface area contributed by atoms with E-state index in [1.54, 1.807) is 7.11 Å². The topological polar surface area (TPSA) is 53.6 Å². The molecule has 2 heterocycles. The van der Waals surface area contributed by atoms with E-state index >= 15 is 0 Å². The van der Waals surface area contributed by atoms with E-state index in [0.717, 1.165) is 35.4 Å². The Morgan fingerprint density at radius 1 is 1.42 bits per heavy atom. The van der Waals surface area contributed by atoms with Gasteiger partial charge in [-0.25, -0.2) is 4.79 Å². The minimum Gasteiger partial charge on any atom is -0.496 e. The number of amides is 2. The third-order valence-electron chi connectivity index (χ3n) is 3.72. The Kier molecular flexibility index (Phi) is 3.36. The van der Waals surface area contributed by atoms with E-state index in [1.165, 1.54) is 0 Å². The lowest BCUT2D eigenvalue weighted by molar-refractivity contribution is 0.172. The molecule has 0 bridgehead atoms. The van der Waals surface area contributed by atoms with Gasteiger partial charge in [-0.15, -0.1) is 0 Å². The molecule has 3 rings (SSSR count). The summed E-state index contributed by atoms with van der Waals surface area (Å²) in [6.45, 7) is 2.52. The summed E-state index contributed by atoms with van der Waals surface area (Å²) in [7, 11) is 1.64. The zero-order valence-corrected chi connectivity index (χ0v) is 12.2. The number of halogens is 1. The third kappa shape index (κ3) is 2.30. The van der Waals surface area contributed by atoms with Crippen LogP contribution in [0.1, 0.15) is 11.6 Å². The standard InChI is InChI=1S/C13H16BrN3O2/c1-19-12-3-2-8(4-10(12)14)11-7-17(13(18)16-11)9-5-15-6-9/h2-4,9,11,15H,5-7H2,1H3,(H,16,18). The van der Waals surface area contributed by atoms with Crippen LogP contribution in [0, 0.1) is 0 Å². The van der Waals surface area contributed by atoms with Crippen LogP contribution in [-0.2, 0) is 0 Å². The van der Waals surface area contributed by atoms with E-state index in [-0.39, 0.29) is 12.1 Å². The molecule has 19 heavy (non-hydrogen) atoms. The summed E-state index contributed by atoms with van der Waals surface area (Å²) < 4.78 is 6.12. The van der Waals surface area contributed by atoms with Crippen molar-refractivity contribution in [3.8, 4) is 5.75 Å². The molecule has 102 valence electrons. The number of methoxy groups -OCH3 is 1. The number of nitrogens with one attached hydrogen (secondary N) is 2. The predicted octanol–water partition coefficient (Wildman–Crippen LogP) is 1.50. The van der Waals surface area contributed by atoms with Gasteiger partial charge in [0.2, 0.25) is 0 Å². The molecular weight excluding hydrogens is 310 g/mol. The molecular formula is C13H16BrN3O2. The van der Waals surface area contributed by atoms with Crippen LogP contribution in [0.5, 0.6) is 5.75 Å². The molecule has 2 N–H and O–H groups in total. The Hall–Kier alpha value is -1.27. The molecule has 2 aliphatic heterocycles. The first-order valence-corrected chi connectivity index (χ1v) is 7.09. The van der Waals surface area contributed by atoms with Crippen molar-refractivity contribution in [3.63, 3.8) is 0 Å². The molecule has 6 heteroatoms. The van der Waals surface area contributed by atoms with Crippen molar-refractivity contribution < 1.29 is 9.53 Å². The van der Waals surface area contributed by atoms with E-state index < -0.39 is 0 Å². The lowest BCUT2D eigenvalue weighted by Gasteiger charge is -2.34. The van der Waals surface area contributed by atoms with Gasteiger partial charge < -0.3 is 20.3 Å². The Bertz CT molecular complexity index is 505. The third-order valence-corrected chi connectivity index (χ3v) is 4.34. The fraction of sp³-hybridized carbons (Fsp3) is 0.462. The normalized spacial score (nSPS) is 23.2. The molecule has 0 radical (unpaired) electrons. The summed E-state index contributed by atoms with van der Waals surface area (Å²) in [6.07, 6.45) is 0. The highest BCUT2D eigenvalue weighted by Crippen LogP contribution is 2.30. The predicted molar refractivity (Wildman–Crippen MR) is 75.3 cm³/mol. The average Bonchev–Trinajstić information content (AvgIpc) is 2.69. The second kappa shape index (κ2) is 5.02. The van der Waals surface area contributed by atoms with Crippen LogP contribution >= 0.6 is 15.9 Å². The Morgan fingerprint density at radius 3 is 2.79 bits per heavy atom. The van der Waals surface area contributed by atoms with Crippen molar-refractivity contribution in [3.05, 3.63) is 28.2 Å². The highest BCUT2D eigenvalue weighted by molar-refractivity contribution is 9.10. The van der Waals surface area contributed by atoms with Gasteiger partial charge in [0.05, 0.1) is 23.7 Å². The van der Waals surface area contributed by atoms with Crippen molar-refractivity contribution in [1.82, 2.24) is 15.5 Å². The Labute approximate surface area is 120 Å². The van der Waals surface area contributed by atoms with E-state index in [2.05, 4.69) is 26.6 Å². The summed E-state index contributed by atoms with van der Waals surface area (Å²) >= 11 is 3.48. The SMILES string of the molecule is COc1ccc(C2CN(C3CNC3)C(=O)N2)cc1Br. The highest BCUT2D eigenvalue weighted by Gasteiger charge is 2.36. The Balaban J connectivity index is 1.76. The van der Waals surface area contributed by atoms with Crippen molar-refractivity contribution in [2.24, 2.45) is 0 Å². The number of carbonyl (C=O) groups is 1. The van der Waals surface area contributed by atoms with Crippen LogP contribution in [0.15, 0.2) is 22.7 Å². The number of hydrogen-bond acceptors (Lipinski definition) is 3. The first kappa shape index (κ1) is 12.7. The minimum absolute atomic E-state index is 0.0310. The van der Waals surface area contributed by atoms with Gasteiger partial charge in [-0.3, -0.25) is 0 Å². The van der Waals surface area contributed by atoms with Crippen molar-refractivity contribution in [1.29, 1.82) is 0 Å². The van der Waals surface area contributed by atoms with E-state index in [9.17, 15) is 4.79 Å². The van der Waals surface area contributed by atoms with E-state index in [1.807, 2.05) is 23.1 Å². The molecule has 5 nitrogen and oxygen atoms in total. The van der Waals surface area contributed by atoms with Crippen LogP contribution in [0.25, 0.3) is 0 Å². The number of nitrogens with zero attached hydrogens (tertiary/aromatic N) is 1. The number of urea groups is 1. The highest BCUT2D eigenvalue weighted by atomic mass is 79.9. The summed E-state index contributed by atoms with van der Waals surface area (Å²) in [4.78, 5) is 13.9. The van der Waals surface area contributed by atoms with Gasteiger partial charge in [0.15, 0.2) is 0 Å². The van der Waals surface area contributed by atoms with Gasteiger partial charge >= 0.3 is 6.03 Å². The molecule has 0 spiro atoms. The minimum atomic E-state index is 0.0310.